The molecule has 0 unspecified atom stereocenters. The summed E-state index contributed by atoms with van der Waals surface area (Å²) < 4.78 is 2.86. The van der Waals surface area contributed by atoms with E-state index in [0.29, 0.717) is 0 Å². The van der Waals surface area contributed by atoms with Gasteiger partial charge in [0.2, 0.25) is 0 Å². The van der Waals surface area contributed by atoms with E-state index in [1.165, 1.54) is 8.38 Å². The molecular formula is C6H4Br2S4. The van der Waals surface area contributed by atoms with Crippen molar-refractivity contribution in [2.45, 2.75) is 0 Å². The van der Waals surface area contributed by atoms with Gasteiger partial charge in [0, 0.05) is 0 Å². The van der Waals surface area contributed by atoms with Crippen LogP contribution in [0.25, 0.3) is 8.38 Å². The van der Waals surface area contributed by atoms with Crippen LogP contribution in [0.2, 0.25) is 0 Å². The predicted molar refractivity (Wildman–Crippen MR) is 52.2 cm³/mol. The van der Waals surface area contributed by atoms with Gasteiger partial charge in [-0.15, -0.1) is 0 Å². The van der Waals surface area contributed by atoms with Crippen LogP contribution in [0.15, 0.2) is 21.5 Å². The van der Waals surface area contributed by atoms with Gasteiger partial charge in [-0.25, -0.2) is 0 Å². The van der Waals surface area contributed by atoms with E-state index < -0.39 is 0 Å². The molecule has 2 rings (SSSR count). The van der Waals surface area contributed by atoms with Crippen LogP contribution < -0.4 is 34.0 Å². The van der Waals surface area contributed by atoms with Crippen molar-refractivity contribution in [3.8, 4) is 8.38 Å². The van der Waals surface area contributed by atoms with Crippen molar-refractivity contribution in [3.05, 3.63) is 21.5 Å². The Morgan fingerprint density at radius 1 is 0.833 bits per heavy atom. The Balaban J connectivity index is 0.000000605. The zero-order valence-corrected chi connectivity index (χ0v) is 12.1. The van der Waals surface area contributed by atoms with Crippen LogP contribution in [0.4, 0.5) is 0 Å². The van der Waals surface area contributed by atoms with Crippen molar-refractivity contribution in [1.82, 2.24) is 0 Å². The SMILES string of the molecule is [Br-].[Br-].c1c[s+]c(-c2scc[s+]2)s1. The van der Waals surface area contributed by atoms with Crippen molar-refractivity contribution in [2.75, 3.05) is 0 Å². The standard InChI is InChI=1S/C6H4S4.2BrH/c1-2-8-5(7-1)6-9-3-4-10-6;;/h1-4H;2*1H/q+2;;/p-2. The molecule has 2 aromatic rings. The third-order valence-electron chi connectivity index (χ3n) is 0.978. The molecule has 2 aromatic heterocycles. The largest absolute Gasteiger partial charge is 1.00 e. The molecule has 6 heteroatoms. The number of halogens is 2. The van der Waals surface area contributed by atoms with Gasteiger partial charge in [0.25, 0.3) is 0 Å². The molecule has 0 N–H and O–H groups in total. The van der Waals surface area contributed by atoms with Crippen LogP contribution in [-0.4, -0.2) is 0 Å². The Morgan fingerprint density at radius 2 is 1.25 bits per heavy atom. The Hall–Kier alpha value is 1.06. The zero-order valence-electron chi connectivity index (χ0n) is 5.70. The molecule has 0 aliphatic heterocycles. The summed E-state index contributed by atoms with van der Waals surface area (Å²) in [7, 11) is 0. The van der Waals surface area contributed by atoms with Crippen molar-refractivity contribution in [2.24, 2.45) is 0 Å². The monoisotopic (exact) mass is 362 g/mol. The lowest BCUT2D eigenvalue weighted by molar-refractivity contribution is -0.00100. The number of rotatable bonds is 1. The average molecular weight is 364 g/mol. The molecule has 0 aliphatic rings. The van der Waals surface area contributed by atoms with Crippen LogP contribution in [-0.2, 0) is 0 Å². The lowest BCUT2D eigenvalue weighted by atomic mass is 10.9. The molecule has 0 saturated heterocycles. The lowest BCUT2D eigenvalue weighted by Gasteiger charge is -1.59. The Bertz CT molecular complexity index is 257. The minimum atomic E-state index is 0. The molecular weight excluding hydrogens is 360 g/mol. The summed E-state index contributed by atoms with van der Waals surface area (Å²) in [5, 5.41) is 8.53. The summed E-state index contributed by atoms with van der Waals surface area (Å²) in [5.74, 6) is 0. The zero-order chi connectivity index (χ0) is 6.81. The third kappa shape index (κ3) is 3.08. The summed E-state index contributed by atoms with van der Waals surface area (Å²) in [6, 6.07) is 0. The molecule has 12 heavy (non-hydrogen) atoms. The molecule has 0 aliphatic carbocycles. The molecule has 0 nitrogen and oxygen atoms in total. The van der Waals surface area contributed by atoms with Crippen molar-refractivity contribution < 1.29 is 34.0 Å². The van der Waals surface area contributed by atoms with E-state index in [0.717, 1.165) is 0 Å². The second-order valence-corrected chi connectivity index (χ2v) is 5.77. The Labute approximate surface area is 108 Å². The van der Waals surface area contributed by atoms with E-state index in [1.807, 2.05) is 45.3 Å². The molecule has 0 amide bonds. The van der Waals surface area contributed by atoms with Gasteiger partial charge in [-0.2, -0.15) is 0 Å². The van der Waals surface area contributed by atoms with Crippen molar-refractivity contribution >= 4 is 45.3 Å². The van der Waals surface area contributed by atoms with E-state index in [4.69, 9.17) is 0 Å². The van der Waals surface area contributed by atoms with Crippen LogP contribution in [0.5, 0.6) is 0 Å². The molecule has 0 radical (unpaired) electrons. The average Bonchev–Trinajstić information content (AvgIpc) is 2.59. The molecule has 0 atom stereocenters. The van der Waals surface area contributed by atoms with Crippen molar-refractivity contribution in [1.29, 1.82) is 0 Å². The fourth-order valence-corrected chi connectivity index (χ4v) is 4.64. The molecule has 2 heterocycles. The molecule has 0 spiro atoms. The highest BCUT2D eigenvalue weighted by Gasteiger charge is 2.20. The summed E-state index contributed by atoms with van der Waals surface area (Å²) in [4.78, 5) is 0. The van der Waals surface area contributed by atoms with E-state index in [9.17, 15) is 0 Å². The molecule has 66 valence electrons. The smallest absolute Gasteiger partial charge is 0.351 e. The maximum atomic E-state index is 2.13. The van der Waals surface area contributed by atoms with Gasteiger partial charge in [-0.1, -0.05) is 0 Å². The van der Waals surface area contributed by atoms with Gasteiger partial charge in [0.15, 0.2) is 0 Å². The fourth-order valence-electron chi connectivity index (χ4n) is 0.606. The van der Waals surface area contributed by atoms with Crippen LogP contribution in [0, 0.1) is 0 Å². The predicted octanol–water partition coefficient (Wildman–Crippen LogP) is -1.83. The maximum absolute atomic E-state index is 2.13. The van der Waals surface area contributed by atoms with Gasteiger partial charge in [-0.05, 0) is 0 Å². The third-order valence-corrected chi connectivity index (χ3v) is 5.76. The van der Waals surface area contributed by atoms with E-state index in [-0.39, 0.29) is 34.0 Å². The molecule has 0 aromatic carbocycles. The van der Waals surface area contributed by atoms with E-state index in [2.05, 4.69) is 21.5 Å². The minimum absolute atomic E-state index is 0. The number of hydrogen-bond acceptors (Lipinski definition) is 2. The summed E-state index contributed by atoms with van der Waals surface area (Å²) in [6.07, 6.45) is 0. The molecule has 0 saturated carbocycles. The van der Waals surface area contributed by atoms with Crippen LogP contribution >= 0.6 is 45.3 Å². The summed E-state index contributed by atoms with van der Waals surface area (Å²) in [5.41, 5.74) is 0. The quantitative estimate of drug-likeness (QED) is 0.523. The first-order valence-corrected chi connectivity index (χ1v) is 6.19. The molecule has 0 fully saturated rings. The maximum Gasteiger partial charge on any atom is 0.351 e. The highest BCUT2D eigenvalue weighted by molar-refractivity contribution is 7.43. The first-order chi connectivity index (χ1) is 4.97. The first kappa shape index (κ1) is 13.1. The van der Waals surface area contributed by atoms with Crippen LogP contribution in [0.1, 0.15) is 0 Å². The normalized spacial score (nSPS) is 8.33. The van der Waals surface area contributed by atoms with E-state index >= 15 is 0 Å². The van der Waals surface area contributed by atoms with Crippen LogP contribution in [0.3, 0.4) is 0 Å². The van der Waals surface area contributed by atoms with Gasteiger partial charge < -0.3 is 34.0 Å². The minimum Gasteiger partial charge on any atom is -1.00 e. The topological polar surface area (TPSA) is 0 Å². The second-order valence-electron chi connectivity index (χ2n) is 1.59. The Morgan fingerprint density at radius 3 is 1.50 bits per heavy atom. The number of hydrogen-bond donors (Lipinski definition) is 0. The van der Waals surface area contributed by atoms with Gasteiger partial charge in [0.05, 0.1) is 45.3 Å². The summed E-state index contributed by atoms with van der Waals surface area (Å²) in [6.45, 7) is 0. The first-order valence-electron chi connectivity index (χ1n) is 2.68. The van der Waals surface area contributed by atoms with Crippen molar-refractivity contribution in [3.63, 3.8) is 0 Å². The van der Waals surface area contributed by atoms with Gasteiger partial charge in [0.1, 0.15) is 21.5 Å². The second kappa shape index (κ2) is 6.50. The lowest BCUT2D eigenvalue weighted by Crippen LogP contribution is -3.00. The highest BCUT2D eigenvalue weighted by atomic mass is 79.9. The highest BCUT2D eigenvalue weighted by Crippen LogP contribution is 2.35. The van der Waals surface area contributed by atoms with Gasteiger partial charge >= 0.3 is 8.38 Å². The van der Waals surface area contributed by atoms with Gasteiger partial charge in [-0.3, -0.25) is 0 Å². The Kier molecular flexibility index (Phi) is 7.08. The summed E-state index contributed by atoms with van der Waals surface area (Å²) >= 11 is 7.28. The van der Waals surface area contributed by atoms with E-state index in [1.54, 1.807) is 0 Å². The molecule has 0 bridgehead atoms. The fraction of sp³-hybridized carbons (Fsp3) is 0.